The monoisotopic (exact) mass is 394 g/mol. The van der Waals surface area contributed by atoms with Crippen molar-refractivity contribution < 1.29 is 13.5 Å². The van der Waals surface area contributed by atoms with Crippen molar-refractivity contribution in [3.63, 3.8) is 0 Å². The van der Waals surface area contributed by atoms with Crippen LogP contribution in [0.3, 0.4) is 0 Å². The highest BCUT2D eigenvalue weighted by atomic mass is 19.2. The summed E-state index contributed by atoms with van der Waals surface area (Å²) in [5.74, 6) is -0.205. The number of ether oxygens (including phenoxy) is 1. The number of hydrogen-bond donors (Lipinski definition) is 2. The summed E-state index contributed by atoms with van der Waals surface area (Å²) in [6.45, 7) is 6.41. The lowest BCUT2D eigenvalue weighted by Gasteiger charge is -2.19. The summed E-state index contributed by atoms with van der Waals surface area (Å²) in [5.41, 5.74) is 0.636. The summed E-state index contributed by atoms with van der Waals surface area (Å²) < 4.78 is 33.7. The number of aryl methyl sites for hydroxylation is 1. The summed E-state index contributed by atoms with van der Waals surface area (Å²) in [6, 6.07) is 3.64. The largest absolute Gasteiger partial charge is 0.385 e. The number of aliphatic imine (C=N–C) groups is 1. The fourth-order valence-corrected chi connectivity index (χ4v) is 2.66. The SMILES string of the molecule is CCc1nncn1CCNC(=NCCCOC)NC(C)c1ccc(F)c(F)c1. The van der Waals surface area contributed by atoms with Gasteiger partial charge >= 0.3 is 0 Å². The Kier molecular flexibility index (Phi) is 8.80. The lowest BCUT2D eigenvalue weighted by Crippen LogP contribution is -2.40. The molecule has 0 radical (unpaired) electrons. The quantitative estimate of drug-likeness (QED) is 0.368. The molecule has 0 spiro atoms. The van der Waals surface area contributed by atoms with Crippen LogP contribution >= 0.6 is 0 Å². The van der Waals surface area contributed by atoms with Gasteiger partial charge in [0.25, 0.3) is 0 Å². The molecule has 9 heteroatoms. The van der Waals surface area contributed by atoms with E-state index in [0.29, 0.717) is 37.8 Å². The molecule has 2 rings (SSSR count). The van der Waals surface area contributed by atoms with E-state index in [9.17, 15) is 8.78 Å². The van der Waals surface area contributed by atoms with Crippen LogP contribution in [0.15, 0.2) is 29.5 Å². The van der Waals surface area contributed by atoms with E-state index in [1.165, 1.54) is 6.07 Å². The normalized spacial score (nSPS) is 12.8. The second kappa shape index (κ2) is 11.3. The van der Waals surface area contributed by atoms with Crippen LogP contribution in [0, 0.1) is 11.6 Å². The predicted octanol–water partition coefficient (Wildman–Crippen LogP) is 2.45. The molecule has 1 aromatic heterocycles. The minimum absolute atomic E-state index is 0.245. The number of halogens is 2. The van der Waals surface area contributed by atoms with Crippen LogP contribution in [0.1, 0.15) is 37.7 Å². The van der Waals surface area contributed by atoms with Gasteiger partial charge in [-0.2, -0.15) is 0 Å². The Labute approximate surface area is 164 Å². The van der Waals surface area contributed by atoms with Gasteiger partial charge in [-0.25, -0.2) is 8.78 Å². The lowest BCUT2D eigenvalue weighted by atomic mass is 10.1. The minimum Gasteiger partial charge on any atom is -0.385 e. The molecule has 2 aromatic rings. The Morgan fingerprint density at radius 3 is 2.86 bits per heavy atom. The highest BCUT2D eigenvalue weighted by Crippen LogP contribution is 2.15. The zero-order valence-electron chi connectivity index (χ0n) is 16.6. The molecule has 1 atom stereocenters. The highest BCUT2D eigenvalue weighted by molar-refractivity contribution is 5.80. The van der Waals surface area contributed by atoms with Gasteiger partial charge in [-0.15, -0.1) is 10.2 Å². The maximum absolute atomic E-state index is 13.5. The first kappa shape index (κ1) is 21.7. The molecule has 0 aliphatic heterocycles. The molecule has 2 N–H and O–H groups in total. The highest BCUT2D eigenvalue weighted by Gasteiger charge is 2.11. The van der Waals surface area contributed by atoms with Crippen LogP contribution in [-0.2, 0) is 17.7 Å². The number of aromatic nitrogens is 3. The molecule has 28 heavy (non-hydrogen) atoms. The van der Waals surface area contributed by atoms with Gasteiger partial charge in [0.1, 0.15) is 12.2 Å². The Bertz CT molecular complexity index is 765. The van der Waals surface area contributed by atoms with Crippen molar-refractivity contribution in [3.8, 4) is 0 Å². The number of hydrogen-bond acceptors (Lipinski definition) is 4. The van der Waals surface area contributed by atoms with Crippen molar-refractivity contribution in [2.75, 3.05) is 26.8 Å². The van der Waals surface area contributed by atoms with Crippen LogP contribution in [0.2, 0.25) is 0 Å². The van der Waals surface area contributed by atoms with E-state index in [1.54, 1.807) is 19.5 Å². The molecular formula is C19H28F2N6O. The zero-order chi connectivity index (χ0) is 20.4. The molecule has 0 aliphatic carbocycles. The van der Waals surface area contributed by atoms with E-state index < -0.39 is 11.6 Å². The third kappa shape index (κ3) is 6.56. The number of methoxy groups -OCH3 is 1. The van der Waals surface area contributed by atoms with E-state index in [4.69, 9.17) is 4.74 Å². The molecule has 0 fully saturated rings. The number of nitrogens with one attached hydrogen (secondary N) is 2. The molecule has 1 heterocycles. The van der Waals surface area contributed by atoms with Crippen molar-refractivity contribution in [1.29, 1.82) is 0 Å². The Morgan fingerprint density at radius 1 is 1.32 bits per heavy atom. The number of rotatable bonds is 10. The average Bonchev–Trinajstić information content (AvgIpc) is 3.14. The molecule has 1 unspecified atom stereocenters. The molecule has 0 saturated carbocycles. The van der Waals surface area contributed by atoms with Crippen molar-refractivity contribution >= 4 is 5.96 Å². The van der Waals surface area contributed by atoms with Crippen LogP contribution in [0.25, 0.3) is 0 Å². The fraction of sp³-hybridized carbons (Fsp3) is 0.526. The minimum atomic E-state index is -0.864. The summed E-state index contributed by atoms with van der Waals surface area (Å²) in [6.07, 6.45) is 3.30. The number of guanidine groups is 1. The summed E-state index contributed by atoms with van der Waals surface area (Å²) in [7, 11) is 1.65. The van der Waals surface area contributed by atoms with Gasteiger partial charge in [-0.3, -0.25) is 4.99 Å². The average molecular weight is 394 g/mol. The summed E-state index contributed by atoms with van der Waals surface area (Å²) >= 11 is 0. The smallest absolute Gasteiger partial charge is 0.191 e. The third-order valence-electron chi connectivity index (χ3n) is 4.23. The molecule has 0 bridgehead atoms. The number of nitrogens with zero attached hydrogens (tertiary/aromatic N) is 4. The Morgan fingerprint density at radius 2 is 2.14 bits per heavy atom. The van der Waals surface area contributed by atoms with E-state index in [2.05, 4.69) is 25.8 Å². The van der Waals surface area contributed by atoms with Crippen molar-refractivity contribution in [2.24, 2.45) is 4.99 Å². The summed E-state index contributed by atoms with van der Waals surface area (Å²) in [4.78, 5) is 4.53. The second-order valence-corrected chi connectivity index (χ2v) is 6.34. The molecule has 7 nitrogen and oxygen atoms in total. The molecule has 0 aliphatic rings. The fourth-order valence-electron chi connectivity index (χ4n) is 2.66. The maximum Gasteiger partial charge on any atom is 0.191 e. The van der Waals surface area contributed by atoms with Gasteiger partial charge in [0.05, 0.1) is 6.04 Å². The standard InChI is InChI=1S/C19H28F2N6O/c1-4-18-26-24-13-27(18)10-9-23-19(22-8-5-11-28-3)25-14(2)15-6-7-16(20)17(21)12-15/h6-7,12-14H,4-5,8-11H2,1-3H3,(H2,22,23,25). The lowest BCUT2D eigenvalue weighted by molar-refractivity contribution is 0.197. The molecule has 0 saturated heterocycles. The second-order valence-electron chi connectivity index (χ2n) is 6.34. The van der Waals surface area contributed by atoms with E-state index >= 15 is 0 Å². The van der Waals surface area contributed by atoms with Crippen LogP contribution in [-0.4, -0.2) is 47.5 Å². The van der Waals surface area contributed by atoms with Gasteiger partial charge in [-0.05, 0) is 31.0 Å². The van der Waals surface area contributed by atoms with E-state index in [0.717, 1.165) is 24.7 Å². The van der Waals surface area contributed by atoms with E-state index in [1.807, 2.05) is 18.4 Å². The van der Waals surface area contributed by atoms with Crippen molar-refractivity contribution in [2.45, 2.75) is 39.3 Å². The first-order valence-electron chi connectivity index (χ1n) is 9.40. The topological polar surface area (TPSA) is 76.4 Å². The zero-order valence-corrected chi connectivity index (χ0v) is 16.6. The van der Waals surface area contributed by atoms with E-state index in [-0.39, 0.29) is 6.04 Å². The first-order chi connectivity index (χ1) is 13.5. The summed E-state index contributed by atoms with van der Waals surface area (Å²) in [5, 5.41) is 14.5. The predicted molar refractivity (Wildman–Crippen MR) is 104 cm³/mol. The van der Waals surface area contributed by atoms with Crippen LogP contribution < -0.4 is 10.6 Å². The molecule has 154 valence electrons. The molecular weight excluding hydrogens is 366 g/mol. The Balaban J connectivity index is 1.98. The van der Waals surface area contributed by atoms with Gasteiger partial charge in [0, 0.05) is 39.8 Å². The Hall–Kier alpha value is -2.55. The molecule has 1 aromatic carbocycles. The molecule has 0 amide bonds. The van der Waals surface area contributed by atoms with Gasteiger partial charge in [0.15, 0.2) is 17.6 Å². The number of benzene rings is 1. The van der Waals surface area contributed by atoms with Gasteiger partial charge in [0.2, 0.25) is 0 Å². The van der Waals surface area contributed by atoms with Crippen LogP contribution in [0.4, 0.5) is 8.78 Å². The van der Waals surface area contributed by atoms with Crippen molar-refractivity contribution in [1.82, 2.24) is 25.4 Å². The van der Waals surface area contributed by atoms with Gasteiger partial charge in [-0.1, -0.05) is 13.0 Å². The third-order valence-corrected chi connectivity index (χ3v) is 4.23. The first-order valence-corrected chi connectivity index (χ1v) is 9.40. The maximum atomic E-state index is 13.5. The van der Waals surface area contributed by atoms with Crippen LogP contribution in [0.5, 0.6) is 0 Å². The van der Waals surface area contributed by atoms with Crippen molar-refractivity contribution in [3.05, 3.63) is 47.5 Å². The van der Waals surface area contributed by atoms with Gasteiger partial charge < -0.3 is 19.9 Å².